The standard InChI is InChI=1S/C14H23N3O3/c1-5-15-13-7-6-12(8-14(13)17(18)19)9-16(3)11(2)10-20-4/h6-8,11,15H,5,9-10H2,1-4H3. The van der Waals surface area contributed by atoms with Crippen molar-refractivity contribution in [1.29, 1.82) is 0 Å². The molecule has 0 aliphatic heterocycles. The topological polar surface area (TPSA) is 67.6 Å². The molecule has 0 heterocycles. The molecule has 1 N–H and O–H groups in total. The van der Waals surface area contributed by atoms with E-state index in [-0.39, 0.29) is 16.7 Å². The molecule has 1 atom stereocenters. The van der Waals surface area contributed by atoms with Crippen LogP contribution in [0.25, 0.3) is 0 Å². The van der Waals surface area contributed by atoms with Crippen LogP contribution in [0.3, 0.4) is 0 Å². The smallest absolute Gasteiger partial charge is 0.292 e. The van der Waals surface area contributed by atoms with Gasteiger partial charge in [-0.05, 0) is 32.5 Å². The Morgan fingerprint density at radius 3 is 2.75 bits per heavy atom. The summed E-state index contributed by atoms with van der Waals surface area (Å²) in [4.78, 5) is 12.9. The van der Waals surface area contributed by atoms with E-state index >= 15 is 0 Å². The van der Waals surface area contributed by atoms with Crippen LogP contribution in [0.2, 0.25) is 0 Å². The summed E-state index contributed by atoms with van der Waals surface area (Å²) in [6.45, 7) is 5.92. The zero-order valence-electron chi connectivity index (χ0n) is 12.5. The van der Waals surface area contributed by atoms with Crippen molar-refractivity contribution in [1.82, 2.24) is 4.90 Å². The van der Waals surface area contributed by atoms with Gasteiger partial charge in [-0.3, -0.25) is 15.0 Å². The molecule has 0 aliphatic rings. The number of hydrogen-bond acceptors (Lipinski definition) is 5. The van der Waals surface area contributed by atoms with Gasteiger partial charge in [0.1, 0.15) is 5.69 Å². The van der Waals surface area contributed by atoms with Gasteiger partial charge in [0, 0.05) is 32.3 Å². The number of rotatable bonds is 8. The molecule has 0 saturated heterocycles. The van der Waals surface area contributed by atoms with E-state index < -0.39 is 0 Å². The Labute approximate surface area is 119 Å². The molecular formula is C14H23N3O3. The minimum Gasteiger partial charge on any atom is -0.383 e. The Kier molecular flexibility index (Phi) is 6.41. The average molecular weight is 281 g/mol. The van der Waals surface area contributed by atoms with Gasteiger partial charge in [-0.1, -0.05) is 6.07 Å². The van der Waals surface area contributed by atoms with Crippen LogP contribution >= 0.6 is 0 Å². The second-order valence-electron chi connectivity index (χ2n) is 4.86. The van der Waals surface area contributed by atoms with Crippen molar-refractivity contribution >= 4 is 11.4 Å². The molecule has 1 unspecified atom stereocenters. The van der Waals surface area contributed by atoms with Crippen molar-refractivity contribution in [2.45, 2.75) is 26.4 Å². The van der Waals surface area contributed by atoms with Crippen LogP contribution in [0.1, 0.15) is 19.4 Å². The number of benzene rings is 1. The molecule has 0 fully saturated rings. The summed E-state index contributed by atoms with van der Waals surface area (Å²) in [6.07, 6.45) is 0. The molecule has 1 aromatic carbocycles. The van der Waals surface area contributed by atoms with Gasteiger partial charge in [0.25, 0.3) is 5.69 Å². The summed E-state index contributed by atoms with van der Waals surface area (Å²) in [5.74, 6) is 0. The molecule has 112 valence electrons. The van der Waals surface area contributed by atoms with Crippen LogP contribution in [0.5, 0.6) is 0 Å². The first-order valence-corrected chi connectivity index (χ1v) is 6.70. The first-order valence-electron chi connectivity index (χ1n) is 6.70. The first kappa shape index (κ1) is 16.4. The van der Waals surface area contributed by atoms with Crippen molar-refractivity contribution in [2.24, 2.45) is 0 Å². The minimum absolute atomic E-state index is 0.122. The molecular weight excluding hydrogens is 258 g/mol. The molecule has 0 bridgehead atoms. The average Bonchev–Trinajstić information content (AvgIpc) is 2.40. The number of nitrogens with one attached hydrogen (secondary N) is 1. The van der Waals surface area contributed by atoms with E-state index in [9.17, 15) is 10.1 Å². The Bertz CT molecular complexity index is 451. The lowest BCUT2D eigenvalue weighted by molar-refractivity contribution is -0.384. The summed E-state index contributed by atoms with van der Waals surface area (Å²) in [5.41, 5.74) is 1.61. The van der Waals surface area contributed by atoms with Gasteiger partial charge in [-0.15, -0.1) is 0 Å². The highest BCUT2D eigenvalue weighted by Gasteiger charge is 2.16. The van der Waals surface area contributed by atoms with Crippen LogP contribution in [0, 0.1) is 10.1 Å². The normalized spacial score (nSPS) is 12.4. The Morgan fingerprint density at radius 2 is 2.20 bits per heavy atom. The van der Waals surface area contributed by atoms with E-state index in [0.29, 0.717) is 25.4 Å². The maximum Gasteiger partial charge on any atom is 0.292 e. The fraction of sp³-hybridized carbons (Fsp3) is 0.571. The molecule has 6 heteroatoms. The zero-order chi connectivity index (χ0) is 15.1. The highest BCUT2D eigenvalue weighted by molar-refractivity contribution is 5.62. The number of hydrogen-bond donors (Lipinski definition) is 1. The van der Waals surface area contributed by atoms with Crippen LogP contribution in [0.15, 0.2) is 18.2 Å². The highest BCUT2D eigenvalue weighted by atomic mass is 16.6. The zero-order valence-corrected chi connectivity index (χ0v) is 12.5. The van der Waals surface area contributed by atoms with Crippen molar-refractivity contribution in [3.05, 3.63) is 33.9 Å². The Hall–Kier alpha value is -1.66. The summed E-state index contributed by atoms with van der Waals surface area (Å²) in [5, 5.41) is 14.1. The fourth-order valence-electron chi connectivity index (χ4n) is 1.98. The van der Waals surface area contributed by atoms with Crippen molar-refractivity contribution in [2.75, 3.05) is 32.6 Å². The molecule has 0 saturated carbocycles. The summed E-state index contributed by atoms with van der Waals surface area (Å²) >= 11 is 0. The van der Waals surface area contributed by atoms with E-state index in [0.717, 1.165) is 5.56 Å². The SMILES string of the molecule is CCNc1ccc(CN(C)C(C)COC)cc1[N+](=O)[O-]. The molecule has 1 aromatic rings. The predicted octanol–water partition coefficient (Wildman–Crippen LogP) is 2.49. The Balaban J connectivity index is 2.86. The molecule has 1 rings (SSSR count). The van der Waals surface area contributed by atoms with Gasteiger partial charge < -0.3 is 10.1 Å². The molecule has 6 nitrogen and oxygen atoms in total. The second-order valence-corrected chi connectivity index (χ2v) is 4.86. The Morgan fingerprint density at radius 1 is 1.50 bits per heavy atom. The molecule has 0 amide bonds. The number of methoxy groups -OCH3 is 1. The molecule has 20 heavy (non-hydrogen) atoms. The summed E-state index contributed by atoms with van der Waals surface area (Å²) in [7, 11) is 3.65. The third-order valence-electron chi connectivity index (χ3n) is 3.22. The van der Waals surface area contributed by atoms with Gasteiger partial charge in [-0.2, -0.15) is 0 Å². The van der Waals surface area contributed by atoms with Crippen LogP contribution in [-0.4, -0.2) is 43.2 Å². The third kappa shape index (κ3) is 4.47. The third-order valence-corrected chi connectivity index (χ3v) is 3.22. The number of nitrogens with zero attached hydrogens (tertiary/aromatic N) is 2. The molecule has 0 aromatic heterocycles. The van der Waals surface area contributed by atoms with Gasteiger partial charge >= 0.3 is 0 Å². The largest absolute Gasteiger partial charge is 0.383 e. The fourth-order valence-corrected chi connectivity index (χ4v) is 1.98. The number of nitro benzene ring substituents is 1. The van der Waals surface area contributed by atoms with E-state index in [4.69, 9.17) is 4.74 Å². The minimum atomic E-state index is -0.347. The lowest BCUT2D eigenvalue weighted by Crippen LogP contribution is -2.32. The van der Waals surface area contributed by atoms with Crippen molar-refractivity contribution in [3.63, 3.8) is 0 Å². The second kappa shape index (κ2) is 7.81. The lowest BCUT2D eigenvalue weighted by Gasteiger charge is -2.24. The monoisotopic (exact) mass is 281 g/mol. The molecule has 0 aliphatic carbocycles. The predicted molar refractivity (Wildman–Crippen MR) is 80.1 cm³/mol. The summed E-state index contributed by atoms with van der Waals surface area (Å²) < 4.78 is 5.12. The van der Waals surface area contributed by atoms with Crippen molar-refractivity contribution in [3.8, 4) is 0 Å². The highest BCUT2D eigenvalue weighted by Crippen LogP contribution is 2.26. The number of likely N-dealkylation sites (N-methyl/N-ethyl adjacent to an activating group) is 1. The van der Waals surface area contributed by atoms with Crippen LogP contribution in [0.4, 0.5) is 11.4 Å². The van der Waals surface area contributed by atoms with Crippen LogP contribution < -0.4 is 5.32 Å². The van der Waals surface area contributed by atoms with E-state index in [1.807, 2.05) is 20.0 Å². The number of anilines is 1. The van der Waals surface area contributed by atoms with E-state index in [1.165, 1.54) is 0 Å². The van der Waals surface area contributed by atoms with E-state index in [1.54, 1.807) is 19.2 Å². The molecule has 0 spiro atoms. The van der Waals surface area contributed by atoms with Gasteiger partial charge in [0.2, 0.25) is 0 Å². The lowest BCUT2D eigenvalue weighted by atomic mass is 10.1. The van der Waals surface area contributed by atoms with Crippen LogP contribution in [-0.2, 0) is 11.3 Å². The van der Waals surface area contributed by atoms with Gasteiger partial charge in [-0.25, -0.2) is 0 Å². The van der Waals surface area contributed by atoms with E-state index in [2.05, 4.69) is 17.1 Å². The number of nitro groups is 1. The first-order chi connectivity index (χ1) is 9.49. The van der Waals surface area contributed by atoms with Crippen molar-refractivity contribution < 1.29 is 9.66 Å². The van der Waals surface area contributed by atoms with Gasteiger partial charge in [0.15, 0.2) is 0 Å². The maximum atomic E-state index is 11.1. The summed E-state index contributed by atoms with van der Waals surface area (Å²) in [6, 6.07) is 5.58. The quantitative estimate of drug-likeness (QED) is 0.585. The maximum absolute atomic E-state index is 11.1. The van der Waals surface area contributed by atoms with Gasteiger partial charge in [0.05, 0.1) is 11.5 Å². The molecule has 0 radical (unpaired) electrons. The number of ether oxygens (including phenoxy) is 1.